The Morgan fingerprint density at radius 1 is 1.04 bits per heavy atom. The monoisotopic (exact) mass is 666 g/mol. The zero-order valence-electron chi connectivity index (χ0n) is 25.7. The third kappa shape index (κ3) is 5.33. The highest BCUT2D eigenvalue weighted by Crippen LogP contribution is 2.56. The van der Waals surface area contributed by atoms with Gasteiger partial charge in [0, 0.05) is 42.9 Å². The second-order valence-electron chi connectivity index (χ2n) is 11.0. The fourth-order valence-corrected chi connectivity index (χ4v) is 8.14. The van der Waals surface area contributed by atoms with Crippen LogP contribution in [0.1, 0.15) is 41.5 Å². The predicted octanol–water partition coefficient (Wildman–Crippen LogP) is 4.90. The van der Waals surface area contributed by atoms with Crippen LogP contribution >= 0.6 is 11.6 Å². The summed E-state index contributed by atoms with van der Waals surface area (Å²) in [5.41, 5.74) is 0.357. The van der Waals surface area contributed by atoms with E-state index in [1.807, 2.05) is 23.1 Å². The van der Waals surface area contributed by atoms with E-state index in [-0.39, 0.29) is 10.6 Å². The molecule has 46 heavy (non-hydrogen) atoms. The van der Waals surface area contributed by atoms with E-state index in [0.717, 1.165) is 9.87 Å². The molecule has 1 unspecified atom stereocenters. The molecule has 0 spiro atoms. The molecule has 13 heteroatoms. The molecule has 0 radical (unpaired) electrons. The standard InChI is InChI=1S/C33H35ClN4O7S/c1-42-17-14-35-21-22-6-12-26(30(19-22)44-3)33(37-16-4-5-29(37)31-36-15-18-45-31)27-20-23(34)7-13-28(27)38(32(33)39)46(40,41)25-10-8-24(43-2)9-11-25/h6-13,15,18-20,29,35H,4-5,14,16-17,21H2,1-3H3/t29-,33?/m0/s1. The van der Waals surface area contributed by atoms with Gasteiger partial charge in [-0.25, -0.2) is 17.7 Å². The van der Waals surface area contributed by atoms with Gasteiger partial charge in [0.25, 0.3) is 15.9 Å². The Bertz CT molecular complexity index is 1820. The van der Waals surface area contributed by atoms with E-state index in [2.05, 4.69) is 10.3 Å². The molecule has 1 N–H and O–H groups in total. The van der Waals surface area contributed by atoms with Gasteiger partial charge in [0.15, 0.2) is 5.54 Å². The summed E-state index contributed by atoms with van der Waals surface area (Å²) in [5, 5.41) is 3.68. The van der Waals surface area contributed by atoms with Crippen molar-refractivity contribution in [2.75, 3.05) is 45.3 Å². The molecular weight excluding hydrogens is 632 g/mol. The molecule has 242 valence electrons. The molecule has 1 saturated heterocycles. The van der Waals surface area contributed by atoms with Crippen LogP contribution in [0, 0.1) is 0 Å². The van der Waals surface area contributed by atoms with Crippen molar-refractivity contribution in [2.24, 2.45) is 0 Å². The molecule has 3 heterocycles. The maximum atomic E-state index is 15.3. The van der Waals surface area contributed by atoms with Crippen molar-refractivity contribution in [3.63, 3.8) is 0 Å². The summed E-state index contributed by atoms with van der Waals surface area (Å²) in [5.74, 6) is 0.665. The Morgan fingerprint density at radius 3 is 2.54 bits per heavy atom. The van der Waals surface area contributed by atoms with Crippen LogP contribution in [0.3, 0.4) is 0 Å². The number of amides is 1. The number of sulfonamides is 1. The van der Waals surface area contributed by atoms with E-state index in [0.29, 0.717) is 72.6 Å². The van der Waals surface area contributed by atoms with E-state index in [4.69, 9.17) is 30.2 Å². The Balaban J connectivity index is 1.58. The van der Waals surface area contributed by atoms with E-state index >= 15 is 4.79 Å². The van der Waals surface area contributed by atoms with E-state index in [1.54, 1.807) is 43.6 Å². The number of hydrogen-bond acceptors (Lipinski definition) is 10. The number of methoxy groups -OCH3 is 3. The van der Waals surface area contributed by atoms with Gasteiger partial charge in [-0.15, -0.1) is 0 Å². The number of halogens is 1. The van der Waals surface area contributed by atoms with Gasteiger partial charge >= 0.3 is 0 Å². The van der Waals surface area contributed by atoms with E-state index in [9.17, 15) is 8.42 Å². The van der Waals surface area contributed by atoms with Crippen molar-refractivity contribution >= 4 is 33.2 Å². The van der Waals surface area contributed by atoms with Crippen molar-refractivity contribution in [3.05, 3.63) is 101 Å². The third-order valence-electron chi connectivity index (χ3n) is 8.55. The molecule has 1 amide bonds. The number of aromatic nitrogens is 1. The maximum absolute atomic E-state index is 15.3. The van der Waals surface area contributed by atoms with Crippen LogP contribution in [0.4, 0.5) is 5.69 Å². The lowest BCUT2D eigenvalue weighted by Crippen LogP contribution is -2.54. The van der Waals surface area contributed by atoms with Crippen LogP contribution in [-0.4, -0.2) is 65.2 Å². The summed E-state index contributed by atoms with van der Waals surface area (Å²) >= 11 is 6.63. The summed E-state index contributed by atoms with van der Waals surface area (Å²) in [6.07, 6.45) is 4.41. The Hall–Kier alpha value is -3.94. The molecule has 1 fully saturated rings. The summed E-state index contributed by atoms with van der Waals surface area (Å²) in [7, 11) is 0.268. The van der Waals surface area contributed by atoms with Crippen LogP contribution in [0.5, 0.6) is 11.5 Å². The number of rotatable bonds is 12. The number of carbonyl (C=O) groups is 1. The molecular formula is C33H35ClN4O7S. The fourth-order valence-electron chi connectivity index (χ4n) is 6.51. The zero-order valence-corrected chi connectivity index (χ0v) is 27.3. The predicted molar refractivity (Wildman–Crippen MR) is 172 cm³/mol. The molecule has 4 aromatic rings. The summed E-state index contributed by atoms with van der Waals surface area (Å²) < 4.78 is 51.9. The summed E-state index contributed by atoms with van der Waals surface area (Å²) in [6, 6.07) is 16.0. The molecule has 0 bridgehead atoms. The van der Waals surface area contributed by atoms with Crippen molar-refractivity contribution in [3.8, 4) is 11.5 Å². The van der Waals surface area contributed by atoms with Gasteiger partial charge in [0.2, 0.25) is 5.89 Å². The first-order valence-electron chi connectivity index (χ1n) is 14.8. The number of benzene rings is 3. The first-order chi connectivity index (χ1) is 22.3. The number of likely N-dealkylation sites (tertiary alicyclic amines) is 1. The van der Waals surface area contributed by atoms with Crippen molar-refractivity contribution in [2.45, 2.75) is 35.9 Å². The average Bonchev–Trinajstić information content (AvgIpc) is 3.82. The highest BCUT2D eigenvalue weighted by atomic mass is 35.5. The Kier molecular flexibility index (Phi) is 9.08. The lowest BCUT2D eigenvalue weighted by atomic mass is 9.80. The van der Waals surface area contributed by atoms with Crippen LogP contribution < -0.4 is 19.1 Å². The molecule has 11 nitrogen and oxygen atoms in total. The van der Waals surface area contributed by atoms with Crippen LogP contribution in [0.2, 0.25) is 5.02 Å². The van der Waals surface area contributed by atoms with Gasteiger partial charge in [0.05, 0.1) is 43.6 Å². The number of oxazole rings is 1. The average molecular weight is 667 g/mol. The van der Waals surface area contributed by atoms with Gasteiger partial charge in [-0.3, -0.25) is 9.69 Å². The zero-order chi connectivity index (χ0) is 32.5. The number of hydrogen-bond donors (Lipinski definition) is 1. The second-order valence-corrected chi connectivity index (χ2v) is 13.3. The van der Waals surface area contributed by atoms with Gasteiger partial charge in [-0.05, 0) is 66.9 Å². The number of carbonyl (C=O) groups excluding carboxylic acids is 1. The van der Waals surface area contributed by atoms with Crippen LogP contribution in [0.15, 0.2) is 82.4 Å². The second kappa shape index (κ2) is 13.0. The van der Waals surface area contributed by atoms with E-state index in [1.165, 1.54) is 32.6 Å². The fraction of sp³-hybridized carbons (Fsp3) is 0.333. The molecule has 1 aromatic heterocycles. The first-order valence-corrected chi connectivity index (χ1v) is 16.7. The molecule has 2 aliphatic heterocycles. The molecule has 0 saturated carbocycles. The number of nitrogens with one attached hydrogen (secondary N) is 1. The molecule has 2 aliphatic rings. The largest absolute Gasteiger partial charge is 0.497 e. The maximum Gasteiger partial charge on any atom is 0.271 e. The van der Waals surface area contributed by atoms with Crippen LogP contribution in [0.25, 0.3) is 0 Å². The SMILES string of the molecule is COCCNCc1ccc(C2(N3CCC[C@H]3c3ncco3)C(=O)N(S(=O)(=O)c3ccc(OC)cc3)c3ccc(Cl)cc32)c(OC)c1. The minimum absolute atomic E-state index is 0.0616. The Labute approximate surface area is 273 Å². The number of nitrogens with zero attached hydrogens (tertiary/aromatic N) is 3. The topological polar surface area (TPSA) is 123 Å². The van der Waals surface area contributed by atoms with Crippen molar-refractivity contribution < 1.29 is 31.8 Å². The highest BCUT2D eigenvalue weighted by Gasteiger charge is 2.62. The molecule has 0 aliphatic carbocycles. The Morgan fingerprint density at radius 2 is 1.85 bits per heavy atom. The number of ether oxygens (including phenoxy) is 3. The van der Waals surface area contributed by atoms with Crippen molar-refractivity contribution in [1.29, 1.82) is 0 Å². The minimum Gasteiger partial charge on any atom is -0.497 e. The normalized spacial score (nSPS) is 19.9. The summed E-state index contributed by atoms with van der Waals surface area (Å²) in [4.78, 5) is 21.7. The first kappa shape index (κ1) is 32.0. The van der Waals surface area contributed by atoms with Crippen molar-refractivity contribution in [1.82, 2.24) is 15.2 Å². The number of anilines is 1. The van der Waals surface area contributed by atoms with Gasteiger partial charge in [-0.2, -0.15) is 0 Å². The third-order valence-corrected chi connectivity index (χ3v) is 10.5. The van der Waals surface area contributed by atoms with Gasteiger partial charge in [-0.1, -0.05) is 23.7 Å². The number of fused-ring (bicyclic) bond motifs is 1. The minimum atomic E-state index is -4.41. The van der Waals surface area contributed by atoms with Crippen LogP contribution in [-0.2, 0) is 31.6 Å². The quantitative estimate of drug-likeness (QED) is 0.209. The lowest BCUT2D eigenvalue weighted by Gasteiger charge is -2.41. The summed E-state index contributed by atoms with van der Waals surface area (Å²) in [6.45, 7) is 2.19. The highest BCUT2D eigenvalue weighted by molar-refractivity contribution is 7.93. The van der Waals surface area contributed by atoms with Gasteiger partial charge < -0.3 is 23.9 Å². The lowest BCUT2D eigenvalue weighted by molar-refractivity contribution is -0.127. The molecule has 6 rings (SSSR count). The molecule has 2 atom stereocenters. The smallest absolute Gasteiger partial charge is 0.271 e. The van der Waals surface area contributed by atoms with Gasteiger partial charge in [0.1, 0.15) is 17.8 Å². The molecule has 3 aromatic carbocycles. The van der Waals surface area contributed by atoms with E-state index < -0.39 is 27.5 Å².